The number of carbonyl (C=O) groups is 1. The van der Waals surface area contributed by atoms with Crippen LogP contribution in [0.15, 0.2) is 28.7 Å². The van der Waals surface area contributed by atoms with E-state index < -0.39 is 9.84 Å². The number of hydrogen-bond donors (Lipinski definition) is 0. The monoisotopic (exact) mass is 365 g/mol. The highest BCUT2D eigenvalue weighted by molar-refractivity contribution is 7.89. The summed E-state index contributed by atoms with van der Waals surface area (Å²) in [5.41, 5.74) is 0.981. The molecule has 1 saturated heterocycles. The maximum Gasteiger partial charge on any atom is 0.289 e. The lowest BCUT2D eigenvalue weighted by Crippen LogP contribution is -2.35. The third kappa shape index (κ3) is 4.04. The lowest BCUT2D eigenvalue weighted by Gasteiger charge is -2.23. The van der Waals surface area contributed by atoms with Gasteiger partial charge in [0, 0.05) is 42.8 Å². The molecule has 0 aliphatic carbocycles. The second kappa shape index (κ2) is 7.17. The van der Waals surface area contributed by atoms with Crippen molar-refractivity contribution in [3.63, 3.8) is 0 Å². The van der Waals surface area contributed by atoms with Gasteiger partial charge in [0.05, 0.1) is 12.4 Å². The van der Waals surface area contributed by atoms with Crippen LogP contribution in [0.2, 0.25) is 0 Å². The minimum atomic E-state index is -3.30. The first-order valence-electron chi connectivity index (χ1n) is 8.44. The molecule has 0 radical (unpaired) electrons. The summed E-state index contributed by atoms with van der Waals surface area (Å²) in [5, 5.41) is 0.677. The average Bonchev–Trinajstić information content (AvgIpc) is 3.19. The summed E-state index contributed by atoms with van der Waals surface area (Å²) >= 11 is 0. The minimum Gasteiger partial charge on any atom is -0.451 e. The van der Waals surface area contributed by atoms with E-state index in [4.69, 9.17) is 9.15 Å². The first-order chi connectivity index (χ1) is 11.9. The van der Waals surface area contributed by atoms with Gasteiger partial charge in [0.15, 0.2) is 15.6 Å². The van der Waals surface area contributed by atoms with E-state index in [1.165, 1.54) is 0 Å². The van der Waals surface area contributed by atoms with Crippen molar-refractivity contribution in [3.05, 3.63) is 35.6 Å². The Bertz CT molecular complexity index is 865. The Labute approximate surface area is 147 Å². The van der Waals surface area contributed by atoms with Crippen molar-refractivity contribution in [1.29, 1.82) is 0 Å². The van der Waals surface area contributed by atoms with Crippen LogP contribution >= 0.6 is 0 Å². The Morgan fingerprint density at radius 3 is 2.72 bits per heavy atom. The molecule has 2 heterocycles. The van der Waals surface area contributed by atoms with Crippen LogP contribution in [-0.4, -0.2) is 51.8 Å². The number of ether oxygens (including phenoxy) is 1. The topological polar surface area (TPSA) is 76.8 Å². The van der Waals surface area contributed by atoms with Gasteiger partial charge in [-0.25, -0.2) is 8.42 Å². The summed E-state index contributed by atoms with van der Waals surface area (Å²) < 4.78 is 34.9. The predicted octanol–water partition coefficient (Wildman–Crippen LogP) is 2.48. The molecule has 2 aromatic rings. The van der Waals surface area contributed by atoms with E-state index in [-0.39, 0.29) is 17.4 Å². The standard InChI is InChI=1S/C18H23NO5S/c1-3-19(10-13-8-9-23-11-13)18(20)17-15(12-25(2,21)22)14-6-4-5-7-16(14)24-17/h4-7,13H,3,8-12H2,1-2H3. The quantitative estimate of drug-likeness (QED) is 0.786. The summed E-state index contributed by atoms with van der Waals surface area (Å²) in [5.74, 6) is -0.0295. The number of hydrogen-bond acceptors (Lipinski definition) is 5. The Kier molecular flexibility index (Phi) is 5.15. The van der Waals surface area contributed by atoms with Crippen LogP contribution in [0.3, 0.4) is 0 Å². The lowest BCUT2D eigenvalue weighted by molar-refractivity contribution is 0.0700. The van der Waals surface area contributed by atoms with Crippen molar-refractivity contribution in [3.8, 4) is 0 Å². The fourth-order valence-corrected chi connectivity index (χ4v) is 4.03. The fourth-order valence-electron chi connectivity index (χ4n) is 3.22. The molecular weight excluding hydrogens is 342 g/mol. The third-order valence-electron chi connectivity index (χ3n) is 4.47. The van der Waals surface area contributed by atoms with E-state index >= 15 is 0 Å². The van der Waals surface area contributed by atoms with Crippen molar-refractivity contribution in [1.82, 2.24) is 4.90 Å². The number of fused-ring (bicyclic) bond motifs is 1. The van der Waals surface area contributed by atoms with Crippen molar-refractivity contribution >= 4 is 26.7 Å². The summed E-state index contributed by atoms with van der Waals surface area (Å²) in [7, 11) is -3.30. The smallest absolute Gasteiger partial charge is 0.289 e. The molecule has 136 valence electrons. The van der Waals surface area contributed by atoms with Crippen molar-refractivity contribution in [2.45, 2.75) is 19.1 Å². The van der Waals surface area contributed by atoms with Crippen LogP contribution in [0, 0.1) is 5.92 Å². The zero-order chi connectivity index (χ0) is 18.0. The molecule has 0 bridgehead atoms. The maximum atomic E-state index is 13.0. The largest absolute Gasteiger partial charge is 0.451 e. The highest BCUT2D eigenvalue weighted by Gasteiger charge is 2.28. The SMILES string of the molecule is CCN(CC1CCOC1)C(=O)c1oc2ccccc2c1CS(C)(=O)=O. The van der Waals surface area contributed by atoms with E-state index in [0.29, 0.717) is 42.1 Å². The fraction of sp³-hybridized carbons (Fsp3) is 0.500. The molecule has 6 nitrogen and oxygen atoms in total. The summed E-state index contributed by atoms with van der Waals surface area (Å²) in [6, 6.07) is 7.15. The molecule has 25 heavy (non-hydrogen) atoms. The van der Waals surface area contributed by atoms with Gasteiger partial charge in [-0.3, -0.25) is 4.79 Å². The summed E-state index contributed by atoms with van der Waals surface area (Å²) in [6.45, 7) is 4.41. The normalized spacial score (nSPS) is 17.9. The van der Waals surface area contributed by atoms with Crippen molar-refractivity contribution < 1.29 is 22.4 Å². The molecule has 1 aliphatic heterocycles. The van der Waals surface area contributed by atoms with Gasteiger partial charge < -0.3 is 14.1 Å². The van der Waals surface area contributed by atoms with Crippen LogP contribution in [0.1, 0.15) is 29.5 Å². The summed E-state index contributed by atoms with van der Waals surface area (Å²) in [4.78, 5) is 14.7. The Morgan fingerprint density at radius 2 is 2.08 bits per heavy atom. The van der Waals surface area contributed by atoms with Crippen LogP contribution in [-0.2, 0) is 20.3 Å². The molecule has 1 aromatic carbocycles. The molecule has 3 rings (SSSR count). The van der Waals surface area contributed by atoms with Crippen LogP contribution in [0.5, 0.6) is 0 Å². The highest BCUT2D eigenvalue weighted by Crippen LogP contribution is 2.29. The van der Waals surface area contributed by atoms with Gasteiger partial charge in [0.25, 0.3) is 5.91 Å². The van der Waals surface area contributed by atoms with Gasteiger partial charge in [-0.2, -0.15) is 0 Å². The predicted molar refractivity (Wildman–Crippen MR) is 95.3 cm³/mol. The Morgan fingerprint density at radius 1 is 1.32 bits per heavy atom. The van der Waals surface area contributed by atoms with Gasteiger partial charge in [-0.05, 0) is 19.4 Å². The Balaban J connectivity index is 1.97. The van der Waals surface area contributed by atoms with Gasteiger partial charge in [0.2, 0.25) is 0 Å². The van der Waals surface area contributed by atoms with Gasteiger partial charge in [0.1, 0.15) is 5.58 Å². The molecular formula is C18H23NO5S. The van der Waals surface area contributed by atoms with Gasteiger partial charge >= 0.3 is 0 Å². The molecule has 1 aliphatic rings. The number of furan rings is 1. The molecule has 1 atom stereocenters. The number of sulfone groups is 1. The lowest BCUT2D eigenvalue weighted by atomic mass is 10.1. The highest BCUT2D eigenvalue weighted by atomic mass is 32.2. The molecule has 1 fully saturated rings. The third-order valence-corrected chi connectivity index (χ3v) is 5.28. The second-order valence-corrected chi connectivity index (χ2v) is 8.69. The van der Waals surface area contributed by atoms with Gasteiger partial charge in [-0.15, -0.1) is 0 Å². The number of nitrogens with zero attached hydrogens (tertiary/aromatic N) is 1. The number of carbonyl (C=O) groups excluding carboxylic acids is 1. The number of amides is 1. The van der Waals surface area contributed by atoms with Crippen molar-refractivity contribution in [2.24, 2.45) is 5.92 Å². The average molecular weight is 365 g/mol. The van der Waals surface area contributed by atoms with E-state index in [1.54, 1.807) is 23.1 Å². The van der Waals surface area contributed by atoms with E-state index in [9.17, 15) is 13.2 Å². The molecule has 0 spiro atoms. The van der Waals surface area contributed by atoms with Crippen LogP contribution < -0.4 is 0 Å². The van der Waals surface area contributed by atoms with E-state index in [0.717, 1.165) is 19.3 Å². The van der Waals surface area contributed by atoms with Gasteiger partial charge in [-0.1, -0.05) is 18.2 Å². The van der Waals surface area contributed by atoms with Crippen LogP contribution in [0.25, 0.3) is 11.0 Å². The molecule has 1 amide bonds. The van der Waals surface area contributed by atoms with Crippen LogP contribution in [0.4, 0.5) is 0 Å². The van der Waals surface area contributed by atoms with E-state index in [1.807, 2.05) is 13.0 Å². The minimum absolute atomic E-state index is 0.132. The zero-order valence-electron chi connectivity index (χ0n) is 14.5. The Hall–Kier alpha value is -1.86. The maximum absolute atomic E-state index is 13.0. The van der Waals surface area contributed by atoms with E-state index in [2.05, 4.69) is 0 Å². The molecule has 0 saturated carbocycles. The number of rotatable bonds is 6. The molecule has 1 unspecified atom stereocenters. The first kappa shape index (κ1) is 17.9. The molecule has 7 heteroatoms. The number of para-hydroxylation sites is 1. The van der Waals surface area contributed by atoms with Crippen molar-refractivity contribution in [2.75, 3.05) is 32.6 Å². The molecule has 1 aromatic heterocycles. The first-order valence-corrected chi connectivity index (χ1v) is 10.5. The second-order valence-electron chi connectivity index (χ2n) is 6.55. The number of benzene rings is 1. The zero-order valence-corrected chi connectivity index (χ0v) is 15.3. The summed E-state index contributed by atoms with van der Waals surface area (Å²) in [6.07, 6.45) is 2.09. The molecule has 0 N–H and O–H groups in total.